The molecule has 20 heavy (non-hydrogen) atoms. The van der Waals surface area contributed by atoms with Crippen LogP contribution >= 0.6 is 11.6 Å². The van der Waals surface area contributed by atoms with Crippen molar-refractivity contribution in [3.8, 4) is 0 Å². The first-order chi connectivity index (χ1) is 9.56. The third-order valence-corrected chi connectivity index (χ3v) is 4.30. The molecule has 0 spiro atoms. The summed E-state index contributed by atoms with van der Waals surface area (Å²) in [5.74, 6) is 0.147. The average Bonchev–Trinajstić information content (AvgIpc) is 2.62. The van der Waals surface area contributed by atoms with E-state index in [9.17, 15) is 9.90 Å². The molecular formula is C15H17ClN2O2. The van der Waals surface area contributed by atoms with Crippen LogP contribution < -0.4 is 10.2 Å². The summed E-state index contributed by atoms with van der Waals surface area (Å²) in [6.07, 6.45) is 3.37. The summed E-state index contributed by atoms with van der Waals surface area (Å²) in [5.41, 5.74) is 3.58. The summed E-state index contributed by atoms with van der Waals surface area (Å²) >= 11 is 6.07. The van der Waals surface area contributed by atoms with Crippen molar-refractivity contribution in [2.45, 2.75) is 31.7 Å². The van der Waals surface area contributed by atoms with Gasteiger partial charge in [-0.1, -0.05) is 17.7 Å². The van der Waals surface area contributed by atoms with E-state index in [4.69, 9.17) is 11.6 Å². The van der Waals surface area contributed by atoms with Gasteiger partial charge in [-0.3, -0.25) is 0 Å². The third kappa shape index (κ3) is 2.24. The monoisotopic (exact) mass is 292 g/mol. The molecule has 0 saturated carbocycles. The predicted molar refractivity (Wildman–Crippen MR) is 79.0 cm³/mol. The fourth-order valence-corrected chi connectivity index (χ4v) is 3.18. The van der Waals surface area contributed by atoms with Crippen molar-refractivity contribution in [3.63, 3.8) is 0 Å². The molecule has 1 unspecified atom stereocenters. The number of benzene rings is 1. The number of hydrogen-bond acceptors (Lipinski definition) is 3. The number of carboxylic acid groups (broad SMARTS) is 1. The van der Waals surface area contributed by atoms with Crippen LogP contribution in [-0.4, -0.2) is 24.2 Å². The minimum absolute atomic E-state index is 0.509. The van der Waals surface area contributed by atoms with Crippen molar-refractivity contribution in [3.05, 3.63) is 40.2 Å². The Kier molecular flexibility index (Phi) is 3.34. The maximum absolute atomic E-state index is 11.3. The van der Waals surface area contributed by atoms with Crippen LogP contribution in [0.3, 0.4) is 0 Å². The number of hydrogen-bond donors (Lipinski definition) is 2. The molecule has 2 N–H and O–H groups in total. The second-order valence-electron chi connectivity index (χ2n) is 5.39. The second-order valence-corrected chi connectivity index (χ2v) is 5.82. The molecule has 0 saturated heterocycles. The highest BCUT2D eigenvalue weighted by atomic mass is 35.5. The number of allylic oxidation sites excluding steroid dienone is 1. The highest BCUT2D eigenvalue weighted by Gasteiger charge is 2.29. The van der Waals surface area contributed by atoms with Crippen LogP contribution in [0, 0.1) is 0 Å². The second kappa shape index (κ2) is 5.02. The lowest BCUT2D eigenvalue weighted by Crippen LogP contribution is -2.42. The molecule has 0 aromatic heterocycles. The first-order valence-electron chi connectivity index (χ1n) is 6.80. The van der Waals surface area contributed by atoms with E-state index >= 15 is 0 Å². The zero-order valence-corrected chi connectivity index (χ0v) is 12.1. The highest BCUT2D eigenvalue weighted by Crippen LogP contribution is 2.36. The van der Waals surface area contributed by atoms with E-state index in [-0.39, 0.29) is 0 Å². The fourth-order valence-electron chi connectivity index (χ4n) is 3.02. The predicted octanol–water partition coefficient (Wildman–Crippen LogP) is 2.77. The number of anilines is 1. The molecule has 0 bridgehead atoms. The average molecular weight is 293 g/mol. The standard InChI is InChI=1S/C15H17ClN2O2/c1-18-13-8-11(16)6-5-9(13)7-10-3-2-4-12(15(19)20)17-14(10)18/h5-6,8,12,17H,2-4,7H2,1H3,(H,19,20). The van der Waals surface area contributed by atoms with Gasteiger partial charge in [0.2, 0.25) is 0 Å². The van der Waals surface area contributed by atoms with E-state index in [1.54, 1.807) is 0 Å². The number of nitrogens with one attached hydrogen (secondary N) is 1. The molecular weight excluding hydrogens is 276 g/mol. The van der Waals surface area contributed by atoms with E-state index < -0.39 is 12.0 Å². The fraction of sp³-hybridized carbons (Fsp3) is 0.400. The van der Waals surface area contributed by atoms with Crippen LogP contribution in [0.5, 0.6) is 0 Å². The number of fused-ring (bicyclic) bond motifs is 1. The number of rotatable bonds is 1. The molecule has 0 aliphatic carbocycles. The molecule has 5 heteroatoms. The van der Waals surface area contributed by atoms with Gasteiger partial charge in [0.1, 0.15) is 11.9 Å². The summed E-state index contributed by atoms with van der Waals surface area (Å²) in [6.45, 7) is 0. The molecule has 0 amide bonds. The lowest BCUT2D eigenvalue weighted by atomic mass is 9.95. The molecule has 4 nitrogen and oxygen atoms in total. The van der Waals surface area contributed by atoms with Crippen LogP contribution in [-0.2, 0) is 11.2 Å². The van der Waals surface area contributed by atoms with Gasteiger partial charge >= 0.3 is 5.97 Å². The Bertz CT molecular complexity index is 598. The Labute approximate surface area is 123 Å². The minimum Gasteiger partial charge on any atom is -0.480 e. The number of carbonyl (C=O) groups is 1. The van der Waals surface area contributed by atoms with Gasteiger partial charge in [0.15, 0.2) is 0 Å². The Morgan fingerprint density at radius 3 is 3.05 bits per heavy atom. The molecule has 1 atom stereocenters. The van der Waals surface area contributed by atoms with Crippen molar-refractivity contribution < 1.29 is 9.90 Å². The summed E-state index contributed by atoms with van der Waals surface area (Å²) in [6, 6.07) is 5.38. The quantitative estimate of drug-likeness (QED) is 0.836. The topological polar surface area (TPSA) is 52.6 Å². The van der Waals surface area contributed by atoms with Crippen LogP contribution in [0.2, 0.25) is 5.02 Å². The number of nitrogens with zero attached hydrogens (tertiary/aromatic N) is 1. The van der Waals surface area contributed by atoms with Gasteiger partial charge in [0.05, 0.1) is 0 Å². The molecule has 0 fully saturated rings. The summed E-state index contributed by atoms with van der Waals surface area (Å²) < 4.78 is 0. The zero-order chi connectivity index (χ0) is 14.3. The first-order valence-corrected chi connectivity index (χ1v) is 7.17. The maximum atomic E-state index is 11.3. The van der Waals surface area contributed by atoms with E-state index in [0.717, 1.165) is 30.8 Å². The van der Waals surface area contributed by atoms with Gasteiger partial charge in [0.25, 0.3) is 0 Å². The number of carboxylic acids is 1. The van der Waals surface area contributed by atoms with E-state index in [1.165, 1.54) is 11.1 Å². The molecule has 1 aromatic carbocycles. The lowest BCUT2D eigenvalue weighted by Gasteiger charge is -2.33. The van der Waals surface area contributed by atoms with Crippen molar-refractivity contribution in [2.75, 3.05) is 11.9 Å². The summed E-state index contributed by atoms with van der Waals surface area (Å²) in [4.78, 5) is 13.3. The smallest absolute Gasteiger partial charge is 0.326 e. The van der Waals surface area contributed by atoms with Crippen molar-refractivity contribution in [1.29, 1.82) is 0 Å². The van der Waals surface area contributed by atoms with Crippen LogP contribution in [0.25, 0.3) is 0 Å². The van der Waals surface area contributed by atoms with Gasteiger partial charge in [-0.2, -0.15) is 0 Å². The molecule has 3 rings (SSSR count). The molecule has 2 heterocycles. The Balaban J connectivity index is 1.98. The molecule has 0 radical (unpaired) electrons. The van der Waals surface area contributed by atoms with Crippen LogP contribution in [0.4, 0.5) is 5.69 Å². The number of aliphatic carboxylic acids is 1. The number of halogens is 1. The van der Waals surface area contributed by atoms with E-state index in [2.05, 4.69) is 11.4 Å². The SMILES string of the molecule is CN1C2=C(CCCC(C(=O)O)N2)Cc2ccc(Cl)cc21. The summed E-state index contributed by atoms with van der Waals surface area (Å²) in [7, 11) is 1.96. The Hall–Kier alpha value is -1.68. The normalized spacial score (nSPS) is 21.7. The van der Waals surface area contributed by atoms with E-state index in [0.29, 0.717) is 11.4 Å². The van der Waals surface area contributed by atoms with Crippen molar-refractivity contribution in [2.24, 2.45) is 0 Å². The molecule has 106 valence electrons. The zero-order valence-electron chi connectivity index (χ0n) is 11.3. The van der Waals surface area contributed by atoms with E-state index in [1.807, 2.05) is 24.1 Å². The van der Waals surface area contributed by atoms with Gasteiger partial charge in [-0.05, 0) is 49.0 Å². The van der Waals surface area contributed by atoms with Gasteiger partial charge in [0, 0.05) is 17.8 Å². The van der Waals surface area contributed by atoms with Gasteiger partial charge < -0.3 is 15.3 Å². The summed E-state index contributed by atoms with van der Waals surface area (Å²) in [5, 5.41) is 13.1. The van der Waals surface area contributed by atoms with Crippen molar-refractivity contribution in [1.82, 2.24) is 5.32 Å². The van der Waals surface area contributed by atoms with Crippen molar-refractivity contribution >= 4 is 23.3 Å². The Morgan fingerprint density at radius 2 is 2.30 bits per heavy atom. The Morgan fingerprint density at radius 1 is 1.50 bits per heavy atom. The molecule has 1 aromatic rings. The first kappa shape index (κ1) is 13.3. The van der Waals surface area contributed by atoms with Gasteiger partial charge in [-0.25, -0.2) is 4.79 Å². The minimum atomic E-state index is -0.788. The molecule has 2 aliphatic rings. The van der Waals surface area contributed by atoms with Crippen LogP contribution in [0.15, 0.2) is 29.6 Å². The highest BCUT2D eigenvalue weighted by molar-refractivity contribution is 6.30. The van der Waals surface area contributed by atoms with Crippen LogP contribution in [0.1, 0.15) is 24.8 Å². The lowest BCUT2D eigenvalue weighted by molar-refractivity contribution is -0.139. The maximum Gasteiger partial charge on any atom is 0.326 e. The van der Waals surface area contributed by atoms with Gasteiger partial charge in [-0.15, -0.1) is 0 Å². The third-order valence-electron chi connectivity index (χ3n) is 4.06. The molecule has 2 aliphatic heterocycles. The largest absolute Gasteiger partial charge is 0.480 e.